The van der Waals surface area contributed by atoms with Gasteiger partial charge in [0.25, 0.3) is 0 Å². The molecule has 8 heteroatoms. The minimum absolute atomic E-state index is 0.114. The molecule has 0 unspecified atom stereocenters. The molecule has 166 valence electrons. The Balaban J connectivity index is 1.50. The Morgan fingerprint density at radius 2 is 1.74 bits per heavy atom. The van der Waals surface area contributed by atoms with E-state index in [1.807, 2.05) is 30.3 Å². The lowest BCUT2D eigenvalue weighted by atomic mass is 10.1. The van der Waals surface area contributed by atoms with Gasteiger partial charge in [0.05, 0.1) is 19.9 Å². The molecule has 0 saturated heterocycles. The second-order valence-electron chi connectivity index (χ2n) is 7.30. The van der Waals surface area contributed by atoms with Crippen molar-refractivity contribution in [2.24, 2.45) is 0 Å². The SMILES string of the molecule is COc1ccc(OC)c(S(=O)(=O)N(C)CCCCCc2cc(-c3ccccc3)n[nH]2)c1. The average molecular weight is 444 g/mol. The van der Waals surface area contributed by atoms with Crippen LogP contribution in [-0.2, 0) is 16.4 Å². The fourth-order valence-corrected chi connectivity index (χ4v) is 4.72. The highest BCUT2D eigenvalue weighted by Crippen LogP contribution is 2.30. The molecule has 0 aliphatic carbocycles. The van der Waals surface area contributed by atoms with E-state index in [4.69, 9.17) is 9.47 Å². The number of H-pyrrole nitrogens is 1. The zero-order valence-corrected chi connectivity index (χ0v) is 19.0. The maximum absolute atomic E-state index is 13.0. The van der Waals surface area contributed by atoms with Gasteiger partial charge in [-0.1, -0.05) is 36.8 Å². The normalized spacial score (nSPS) is 11.6. The maximum atomic E-state index is 13.0. The van der Waals surface area contributed by atoms with Crippen molar-refractivity contribution < 1.29 is 17.9 Å². The van der Waals surface area contributed by atoms with Gasteiger partial charge < -0.3 is 9.47 Å². The van der Waals surface area contributed by atoms with E-state index in [0.717, 1.165) is 42.6 Å². The maximum Gasteiger partial charge on any atom is 0.246 e. The summed E-state index contributed by atoms with van der Waals surface area (Å²) in [6.45, 7) is 0.431. The summed E-state index contributed by atoms with van der Waals surface area (Å²) in [6.07, 6.45) is 3.50. The van der Waals surface area contributed by atoms with Crippen molar-refractivity contribution in [3.63, 3.8) is 0 Å². The molecule has 0 atom stereocenters. The van der Waals surface area contributed by atoms with Gasteiger partial charge in [-0.25, -0.2) is 12.7 Å². The molecule has 1 N–H and O–H groups in total. The zero-order valence-electron chi connectivity index (χ0n) is 18.2. The highest BCUT2D eigenvalue weighted by atomic mass is 32.2. The van der Waals surface area contributed by atoms with Crippen molar-refractivity contribution in [3.8, 4) is 22.8 Å². The molecule has 0 bridgehead atoms. The summed E-state index contributed by atoms with van der Waals surface area (Å²) in [5.41, 5.74) is 3.11. The molecule has 3 aromatic rings. The third-order valence-electron chi connectivity index (χ3n) is 5.18. The number of aromatic nitrogens is 2. The number of nitrogens with zero attached hydrogens (tertiary/aromatic N) is 2. The molecule has 0 spiro atoms. The fourth-order valence-electron chi connectivity index (χ4n) is 3.35. The Morgan fingerprint density at radius 1 is 0.968 bits per heavy atom. The summed E-state index contributed by atoms with van der Waals surface area (Å²) in [6, 6.07) is 16.9. The molecule has 0 fully saturated rings. The van der Waals surface area contributed by atoms with Crippen molar-refractivity contribution in [1.29, 1.82) is 0 Å². The number of unbranched alkanes of at least 4 members (excludes halogenated alkanes) is 2. The molecule has 0 saturated carbocycles. The molecular weight excluding hydrogens is 414 g/mol. The number of rotatable bonds is 11. The summed E-state index contributed by atoms with van der Waals surface area (Å²) in [5.74, 6) is 0.781. The van der Waals surface area contributed by atoms with Crippen LogP contribution in [0.3, 0.4) is 0 Å². The zero-order chi connectivity index (χ0) is 22.3. The molecule has 0 aliphatic rings. The molecule has 0 amide bonds. The monoisotopic (exact) mass is 443 g/mol. The van der Waals surface area contributed by atoms with Crippen LogP contribution in [0.2, 0.25) is 0 Å². The summed E-state index contributed by atoms with van der Waals surface area (Å²) in [4.78, 5) is 0.114. The van der Waals surface area contributed by atoms with Crippen LogP contribution in [0.4, 0.5) is 0 Å². The summed E-state index contributed by atoms with van der Waals surface area (Å²) in [7, 11) is 0.886. The molecule has 7 nitrogen and oxygen atoms in total. The number of nitrogens with one attached hydrogen (secondary N) is 1. The van der Waals surface area contributed by atoms with Gasteiger partial charge in [-0.15, -0.1) is 0 Å². The van der Waals surface area contributed by atoms with Crippen molar-refractivity contribution in [3.05, 3.63) is 60.3 Å². The van der Waals surface area contributed by atoms with E-state index in [9.17, 15) is 8.42 Å². The molecule has 1 aromatic heterocycles. The predicted octanol–water partition coefficient (Wildman–Crippen LogP) is 4.13. The van der Waals surface area contributed by atoms with E-state index < -0.39 is 10.0 Å². The Hall–Kier alpha value is -2.84. The minimum Gasteiger partial charge on any atom is -0.497 e. The van der Waals surface area contributed by atoms with Gasteiger partial charge >= 0.3 is 0 Å². The first-order chi connectivity index (χ1) is 15.0. The Labute approximate surface area is 184 Å². The molecule has 0 radical (unpaired) electrons. The first-order valence-corrected chi connectivity index (χ1v) is 11.7. The third-order valence-corrected chi connectivity index (χ3v) is 7.06. The fraction of sp³-hybridized carbons (Fsp3) is 0.348. The number of hydrogen-bond donors (Lipinski definition) is 1. The lowest BCUT2D eigenvalue weighted by Crippen LogP contribution is -2.28. The van der Waals surface area contributed by atoms with Gasteiger partial charge in [0.2, 0.25) is 10.0 Å². The van der Waals surface area contributed by atoms with Crippen LogP contribution >= 0.6 is 0 Å². The van der Waals surface area contributed by atoms with E-state index >= 15 is 0 Å². The quantitative estimate of drug-likeness (QED) is 0.451. The van der Waals surface area contributed by atoms with Crippen LogP contribution in [0, 0.1) is 0 Å². The summed E-state index contributed by atoms with van der Waals surface area (Å²) in [5, 5.41) is 7.47. The van der Waals surface area contributed by atoms with Gasteiger partial charge in [-0.2, -0.15) is 5.10 Å². The van der Waals surface area contributed by atoms with Crippen molar-refractivity contribution in [2.45, 2.75) is 30.6 Å². The minimum atomic E-state index is -3.67. The van der Waals surface area contributed by atoms with E-state index in [2.05, 4.69) is 16.3 Å². The van der Waals surface area contributed by atoms with Crippen LogP contribution in [0.1, 0.15) is 25.0 Å². The highest BCUT2D eigenvalue weighted by Gasteiger charge is 2.25. The van der Waals surface area contributed by atoms with Gasteiger partial charge in [-0.05, 0) is 37.5 Å². The number of hydrogen-bond acceptors (Lipinski definition) is 5. The summed E-state index contributed by atoms with van der Waals surface area (Å²) >= 11 is 0. The third kappa shape index (κ3) is 5.65. The first-order valence-electron chi connectivity index (χ1n) is 10.2. The van der Waals surface area contributed by atoms with E-state index in [1.54, 1.807) is 19.2 Å². The standard InChI is InChI=1S/C23H29N3O4S/c1-26(31(27,28)23-17-20(29-2)13-14-22(23)30-3)15-9-5-8-12-19-16-21(25-24-19)18-10-6-4-7-11-18/h4,6-7,10-11,13-14,16-17H,5,8-9,12,15H2,1-3H3,(H,24,25). The molecule has 3 rings (SSSR count). The Kier molecular flexibility index (Phi) is 7.70. The summed E-state index contributed by atoms with van der Waals surface area (Å²) < 4.78 is 37.7. The highest BCUT2D eigenvalue weighted by molar-refractivity contribution is 7.89. The van der Waals surface area contributed by atoms with Crippen LogP contribution in [-0.4, -0.2) is 50.7 Å². The lowest BCUT2D eigenvalue weighted by Gasteiger charge is -2.19. The van der Waals surface area contributed by atoms with E-state index in [0.29, 0.717) is 18.0 Å². The van der Waals surface area contributed by atoms with Crippen molar-refractivity contribution in [1.82, 2.24) is 14.5 Å². The first kappa shape index (κ1) is 22.8. The molecule has 31 heavy (non-hydrogen) atoms. The van der Waals surface area contributed by atoms with Gasteiger partial charge in [-0.3, -0.25) is 5.10 Å². The second-order valence-corrected chi connectivity index (χ2v) is 9.31. The van der Waals surface area contributed by atoms with Gasteiger partial charge in [0.15, 0.2) is 0 Å². The smallest absolute Gasteiger partial charge is 0.246 e. The number of benzene rings is 2. The number of methoxy groups -OCH3 is 2. The van der Waals surface area contributed by atoms with Gasteiger partial charge in [0.1, 0.15) is 16.4 Å². The van der Waals surface area contributed by atoms with Crippen molar-refractivity contribution >= 4 is 10.0 Å². The topological polar surface area (TPSA) is 84.5 Å². The largest absolute Gasteiger partial charge is 0.497 e. The van der Waals surface area contributed by atoms with Crippen LogP contribution < -0.4 is 9.47 Å². The predicted molar refractivity (Wildman–Crippen MR) is 121 cm³/mol. The number of ether oxygens (including phenoxy) is 2. The number of aromatic amines is 1. The van der Waals surface area contributed by atoms with E-state index in [1.165, 1.54) is 24.6 Å². The molecule has 2 aromatic carbocycles. The Morgan fingerprint density at radius 3 is 2.45 bits per heavy atom. The van der Waals surface area contributed by atoms with Gasteiger partial charge in [0, 0.05) is 30.9 Å². The van der Waals surface area contributed by atoms with Crippen LogP contribution in [0.15, 0.2) is 59.5 Å². The van der Waals surface area contributed by atoms with Crippen LogP contribution in [0.5, 0.6) is 11.5 Å². The van der Waals surface area contributed by atoms with Crippen molar-refractivity contribution in [2.75, 3.05) is 27.8 Å². The Bertz CT molecular complexity index is 1080. The number of sulfonamides is 1. The lowest BCUT2D eigenvalue weighted by molar-refractivity contribution is 0.387. The van der Waals surface area contributed by atoms with E-state index in [-0.39, 0.29) is 4.90 Å². The molecular formula is C23H29N3O4S. The van der Waals surface area contributed by atoms with Crippen LogP contribution in [0.25, 0.3) is 11.3 Å². The molecule has 0 aliphatic heterocycles. The molecule has 1 heterocycles. The average Bonchev–Trinajstić information content (AvgIpc) is 3.27. The number of aryl methyl sites for hydroxylation is 1. The second kappa shape index (κ2) is 10.5.